The number of allylic oxidation sites excluding steroid dienone is 3. The second kappa shape index (κ2) is 15.7. The maximum Gasteiger partial charge on any atom is 0.0916 e. The van der Waals surface area contributed by atoms with E-state index in [9.17, 15) is 5.11 Å². The zero-order valence-electron chi connectivity index (χ0n) is 21.7. The average Bonchev–Trinajstić information content (AvgIpc) is 2.89. The minimum atomic E-state index is -0.513. The Morgan fingerprint density at radius 3 is 1.94 bits per heavy atom. The van der Waals surface area contributed by atoms with Crippen molar-refractivity contribution >= 4 is 0 Å². The van der Waals surface area contributed by atoms with Crippen molar-refractivity contribution < 1.29 is 5.11 Å². The summed E-state index contributed by atoms with van der Waals surface area (Å²) < 4.78 is 0. The monoisotopic (exact) mass is 462 g/mol. The Balaban J connectivity index is 0.00000199. The molecule has 0 heterocycles. The molecule has 34 heavy (non-hydrogen) atoms. The molecule has 3 heteroatoms. The molecule has 3 atom stereocenters. The summed E-state index contributed by atoms with van der Waals surface area (Å²) in [5, 5.41) is 11.1. The lowest BCUT2D eigenvalue weighted by atomic mass is 9.88. The lowest BCUT2D eigenvalue weighted by Crippen LogP contribution is -2.39. The van der Waals surface area contributed by atoms with Crippen LogP contribution in [0, 0.1) is 11.8 Å². The molecule has 3 rings (SSSR count). The highest BCUT2D eigenvalue weighted by molar-refractivity contribution is 5.26. The lowest BCUT2D eigenvalue weighted by molar-refractivity contribution is 0.101. The fraction of sp³-hybridized carbons (Fsp3) is 0.484. The highest BCUT2D eigenvalue weighted by Crippen LogP contribution is 2.28. The van der Waals surface area contributed by atoms with Gasteiger partial charge < -0.3 is 10.8 Å². The van der Waals surface area contributed by atoms with E-state index in [0.29, 0.717) is 24.9 Å². The van der Waals surface area contributed by atoms with Gasteiger partial charge in [-0.1, -0.05) is 107 Å². The topological polar surface area (TPSA) is 49.5 Å². The van der Waals surface area contributed by atoms with E-state index in [2.05, 4.69) is 67.3 Å². The molecular weight excluding hydrogens is 416 g/mol. The van der Waals surface area contributed by atoms with Gasteiger partial charge in [-0.25, -0.2) is 0 Å². The summed E-state index contributed by atoms with van der Waals surface area (Å²) in [6, 6.07) is 20.8. The summed E-state index contributed by atoms with van der Waals surface area (Å²) in [5.74, 6) is 1.31. The smallest absolute Gasteiger partial charge is 0.0916 e. The zero-order valence-corrected chi connectivity index (χ0v) is 21.7. The van der Waals surface area contributed by atoms with Gasteiger partial charge in [-0.2, -0.15) is 0 Å². The second-order valence-corrected chi connectivity index (χ2v) is 9.50. The summed E-state index contributed by atoms with van der Waals surface area (Å²) in [6.45, 7) is 11.6. The van der Waals surface area contributed by atoms with Crippen LogP contribution in [0.15, 0.2) is 84.5 Å². The van der Waals surface area contributed by atoms with Gasteiger partial charge in [0, 0.05) is 32.1 Å². The molecule has 1 aliphatic rings. The molecule has 1 aliphatic carbocycles. The number of benzene rings is 2. The van der Waals surface area contributed by atoms with Gasteiger partial charge in [-0.05, 0) is 47.8 Å². The van der Waals surface area contributed by atoms with Crippen LogP contribution in [-0.4, -0.2) is 36.2 Å². The molecular formula is C31H46N2O. The van der Waals surface area contributed by atoms with Crippen molar-refractivity contribution in [2.24, 2.45) is 17.6 Å². The number of hydrogen-bond acceptors (Lipinski definition) is 3. The molecule has 0 radical (unpaired) electrons. The van der Waals surface area contributed by atoms with E-state index in [0.717, 1.165) is 37.9 Å². The Kier molecular flexibility index (Phi) is 12.9. The Labute approximate surface area is 208 Å². The molecule has 2 aromatic carbocycles. The number of nitrogens with zero attached hydrogens (tertiary/aromatic N) is 1. The molecule has 0 aromatic heterocycles. The number of aliphatic hydroxyl groups is 1. The average molecular weight is 463 g/mol. The quantitative estimate of drug-likeness (QED) is 0.368. The highest BCUT2D eigenvalue weighted by Gasteiger charge is 2.24. The molecule has 3 unspecified atom stereocenters. The summed E-state index contributed by atoms with van der Waals surface area (Å²) in [7, 11) is 0. The van der Waals surface area contributed by atoms with E-state index < -0.39 is 6.10 Å². The molecule has 0 amide bonds. The Morgan fingerprint density at radius 1 is 0.824 bits per heavy atom. The van der Waals surface area contributed by atoms with Crippen LogP contribution in [0.4, 0.5) is 0 Å². The number of rotatable bonds is 12. The molecule has 3 nitrogen and oxygen atoms in total. The third-order valence-corrected chi connectivity index (χ3v) is 6.38. The molecule has 3 N–H and O–H groups in total. The standard InChI is InChI=1S/C29H40N2O.C2H6/c1-23(2)18-27(24-12-6-3-7-13-24)20-31(22-29(32)26-16-10-5-11-17-26)21-28(19-30)25-14-8-4-9-15-25;1-2/h3,5-8,10-17,23,27-29,32H,4,9,18-22,30H2,1-2H3;1-2H3. The maximum absolute atomic E-state index is 11.1. The first-order chi connectivity index (χ1) is 16.6. The minimum Gasteiger partial charge on any atom is -0.387 e. The fourth-order valence-corrected chi connectivity index (χ4v) is 4.73. The van der Waals surface area contributed by atoms with E-state index in [1.54, 1.807) is 0 Å². The van der Waals surface area contributed by atoms with Crippen molar-refractivity contribution in [3.8, 4) is 0 Å². The van der Waals surface area contributed by atoms with Crippen LogP contribution >= 0.6 is 0 Å². The van der Waals surface area contributed by atoms with Crippen molar-refractivity contribution in [3.63, 3.8) is 0 Å². The fourth-order valence-electron chi connectivity index (χ4n) is 4.73. The Bertz CT molecular complexity index is 844. The van der Waals surface area contributed by atoms with Gasteiger partial charge >= 0.3 is 0 Å². The molecule has 0 spiro atoms. The van der Waals surface area contributed by atoms with Gasteiger partial charge in [0.2, 0.25) is 0 Å². The van der Waals surface area contributed by atoms with Gasteiger partial charge in [0.05, 0.1) is 6.10 Å². The summed E-state index contributed by atoms with van der Waals surface area (Å²) in [6.07, 6.45) is 9.66. The summed E-state index contributed by atoms with van der Waals surface area (Å²) in [4.78, 5) is 2.44. The Morgan fingerprint density at radius 2 is 1.41 bits per heavy atom. The van der Waals surface area contributed by atoms with Crippen LogP contribution in [0.2, 0.25) is 0 Å². The SMILES string of the molecule is CC.CC(C)CC(CN(CC(CN)C1=CCCC=C1)CC(O)c1ccccc1)c1ccccc1. The van der Waals surface area contributed by atoms with Gasteiger partial charge in [0.1, 0.15) is 0 Å². The van der Waals surface area contributed by atoms with Gasteiger partial charge in [0.15, 0.2) is 0 Å². The van der Waals surface area contributed by atoms with Crippen molar-refractivity contribution in [3.05, 3.63) is 95.6 Å². The lowest BCUT2D eigenvalue weighted by Gasteiger charge is -2.33. The van der Waals surface area contributed by atoms with E-state index in [-0.39, 0.29) is 5.92 Å². The first-order valence-corrected chi connectivity index (χ1v) is 13.1. The van der Waals surface area contributed by atoms with Crippen molar-refractivity contribution in [1.82, 2.24) is 4.90 Å². The highest BCUT2D eigenvalue weighted by atomic mass is 16.3. The second-order valence-electron chi connectivity index (χ2n) is 9.50. The first-order valence-electron chi connectivity index (χ1n) is 13.1. The third-order valence-electron chi connectivity index (χ3n) is 6.38. The van der Waals surface area contributed by atoms with E-state index in [1.165, 1.54) is 11.1 Å². The van der Waals surface area contributed by atoms with Gasteiger partial charge in [0.25, 0.3) is 0 Å². The van der Waals surface area contributed by atoms with Crippen molar-refractivity contribution in [2.45, 2.75) is 59.0 Å². The largest absolute Gasteiger partial charge is 0.387 e. The summed E-state index contributed by atoms with van der Waals surface area (Å²) in [5.41, 5.74) is 9.95. The minimum absolute atomic E-state index is 0.282. The normalized spacial score (nSPS) is 15.9. The third kappa shape index (κ3) is 9.21. The number of aliphatic hydroxyl groups excluding tert-OH is 1. The predicted molar refractivity (Wildman–Crippen MR) is 147 cm³/mol. The van der Waals surface area contributed by atoms with Crippen LogP contribution in [0.5, 0.6) is 0 Å². The molecule has 0 fully saturated rings. The van der Waals surface area contributed by atoms with Gasteiger partial charge in [-0.15, -0.1) is 0 Å². The zero-order chi connectivity index (χ0) is 24.8. The Hall–Kier alpha value is -2.20. The van der Waals surface area contributed by atoms with Gasteiger partial charge in [-0.3, -0.25) is 4.90 Å². The van der Waals surface area contributed by atoms with E-state index in [4.69, 9.17) is 5.73 Å². The van der Waals surface area contributed by atoms with Crippen LogP contribution in [0.25, 0.3) is 0 Å². The van der Waals surface area contributed by atoms with Crippen LogP contribution in [-0.2, 0) is 0 Å². The maximum atomic E-state index is 11.1. The van der Waals surface area contributed by atoms with E-state index in [1.807, 2.05) is 44.2 Å². The molecule has 186 valence electrons. The number of hydrogen-bond donors (Lipinski definition) is 2. The molecule has 0 saturated carbocycles. The van der Waals surface area contributed by atoms with Crippen molar-refractivity contribution in [1.29, 1.82) is 0 Å². The molecule has 2 aromatic rings. The predicted octanol–water partition coefficient (Wildman–Crippen LogP) is 6.73. The summed E-state index contributed by atoms with van der Waals surface area (Å²) >= 11 is 0. The first kappa shape index (κ1) is 28.0. The van der Waals surface area contributed by atoms with Crippen LogP contribution in [0.1, 0.15) is 70.1 Å². The van der Waals surface area contributed by atoms with Crippen molar-refractivity contribution in [2.75, 3.05) is 26.2 Å². The molecule has 0 aliphatic heterocycles. The molecule has 0 saturated heterocycles. The van der Waals surface area contributed by atoms with E-state index >= 15 is 0 Å². The van der Waals surface area contributed by atoms with Crippen LogP contribution < -0.4 is 5.73 Å². The number of nitrogens with two attached hydrogens (primary N) is 1. The molecule has 0 bridgehead atoms. The van der Waals surface area contributed by atoms with Crippen LogP contribution in [0.3, 0.4) is 0 Å².